The van der Waals surface area contributed by atoms with E-state index in [9.17, 15) is 13.2 Å². The molecule has 0 spiro atoms. The zero-order chi connectivity index (χ0) is 23.3. The Morgan fingerprint density at radius 1 is 1.09 bits per heavy atom. The van der Waals surface area contributed by atoms with Gasteiger partial charge in [-0.15, -0.1) is 0 Å². The summed E-state index contributed by atoms with van der Waals surface area (Å²) in [6.07, 6.45) is 0.257. The molecule has 2 aromatic carbocycles. The first-order chi connectivity index (χ1) is 15.2. The summed E-state index contributed by atoms with van der Waals surface area (Å²) in [6.45, 7) is 4.20. The predicted molar refractivity (Wildman–Crippen MR) is 123 cm³/mol. The third kappa shape index (κ3) is 5.66. The van der Waals surface area contributed by atoms with Gasteiger partial charge in [0.05, 0.1) is 15.6 Å². The molecular weight excluding hydrogens is 475 g/mol. The van der Waals surface area contributed by atoms with Crippen LogP contribution in [0.4, 0.5) is 5.69 Å². The number of carbonyl (C=O) groups is 1. The largest absolute Gasteiger partial charge is 0.339 e. The number of amides is 1. The van der Waals surface area contributed by atoms with E-state index in [1.165, 1.54) is 22.5 Å². The van der Waals surface area contributed by atoms with Crippen molar-refractivity contribution < 1.29 is 17.7 Å². The highest BCUT2D eigenvalue weighted by molar-refractivity contribution is 7.89. The molecule has 1 heterocycles. The molecule has 0 aliphatic rings. The highest BCUT2D eigenvalue weighted by atomic mass is 35.5. The van der Waals surface area contributed by atoms with Crippen molar-refractivity contribution >= 4 is 44.8 Å². The number of nitrogens with zero attached hydrogens (tertiary/aromatic N) is 3. The molecule has 8 nitrogen and oxygen atoms in total. The number of hydrogen-bond acceptors (Lipinski definition) is 6. The first-order valence-corrected chi connectivity index (χ1v) is 12.1. The second-order valence-corrected chi connectivity index (χ2v) is 9.58. The van der Waals surface area contributed by atoms with E-state index in [0.717, 1.165) is 5.56 Å². The molecule has 0 atom stereocenters. The van der Waals surface area contributed by atoms with Gasteiger partial charge in [0.2, 0.25) is 27.6 Å². The van der Waals surface area contributed by atoms with Crippen molar-refractivity contribution in [3.05, 3.63) is 58.4 Å². The molecule has 0 bridgehead atoms. The molecule has 170 valence electrons. The van der Waals surface area contributed by atoms with E-state index < -0.39 is 10.0 Å². The van der Waals surface area contributed by atoms with Gasteiger partial charge in [-0.2, -0.15) is 9.29 Å². The van der Waals surface area contributed by atoms with E-state index in [0.29, 0.717) is 29.8 Å². The Morgan fingerprint density at radius 3 is 2.44 bits per heavy atom. The lowest BCUT2D eigenvalue weighted by Gasteiger charge is -2.19. The van der Waals surface area contributed by atoms with Crippen LogP contribution in [0.5, 0.6) is 0 Å². The number of rotatable bonds is 9. The van der Waals surface area contributed by atoms with Crippen LogP contribution in [0.25, 0.3) is 11.4 Å². The third-order valence-electron chi connectivity index (χ3n) is 4.69. The molecule has 0 saturated heterocycles. The summed E-state index contributed by atoms with van der Waals surface area (Å²) in [7, 11) is -3.68. The minimum Gasteiger partial charge on any atom is -0.339 e. The molecule has 0 saturated carbocycles. The topological polar surface area (TPSA) is 105 Å². The van der Waals surface area contributed by atoms with Crippen LogP contribution >= 0.6 is 23.2 Å². The Morgan fingerprint density at radius 2 is 1.78 bits per heavy atom. The maximum absolute atomic E-state index is 12.7. The second-order valence-electron chi connectivity index (χ2n) is 6.80. The maximum Gasteiger partial charge on any atom is 0.243 e. The van der Waals surface area contributed by atoms with Gasteiger partial charge in [0.25, 0.3) is 0 Å². The van der Waals surface area contributed by atoms with Crippen LogP contribution in [0.2, 0.25) is 10.0 Å². The molecule has 0 radical (unpaired) electrons. The third-order valence-corrected chi connectivity index (χ3v) is 7.32. The van der Waals surface area contributed by atoms with E-state index in [-0.39, 0.29) is 34.4 Å². The molecule has 1 aromatic heterocycles. The fourth-order valence-electron chi connectivity index (χ4n) is 2.98. The average Bonchev–Trinajstić information content (AvgIpc) is 3.24. The van der Waals surface area contributed by atoms with Gasteiger partial charge in [-0.3, -0.25) is 4.79 Å². The van der Waals surface area contributed by atoms with Gasteiger partial charge in [0, 0.05) is 36.5 Å². The normalized spacial score (nSPS) is 11.7. The molecule has 0 aliphatic carbocycles. The number of carbonyl (C=O) groups excluding carboxylic acids is 1. The number of sulfonamides is 1. The Labute approximate surface area is 196 Å². The van der Waals surface area contributed by atoms with E-state index in [4.69, 9.17) is 27.7 Å². The Balaban J connectivity index is 1.66. The van der Waals surface area contributed by atoms with Crippen LogP contribution in [0.15, 0.2) is 51.9 Å². The lowest BCUT2D eigenvalue weighted by atomic mass is 10.2. The summed E-state index contributed by atoms with van der Waals surface area (Å²) < 4.78 is 32.0. The van der Waals surface area contributed by atoms with Gasteiger partial charge in [-0.05, 0) is 42.5 Å². The fourth-order valence-corrected chi connectivity index (χ4v) is 4.75. The number of benzene rings is 2. The zero-order valence-electron chi connectivity index (χ0n) is 17.5. The van der Waals surface area contributed by atoms with Crippen LogP contribution in [-0.4, -0.2) is 41.9 Å². The molecule has 3 rings (SSSR count). The molecule has 0 fully saturated rings. The molecule has 11 heteroatoms. The van der Waals surface area contributed by atoms with Crippen molar-refractivity contribution in [3.8, 4) is 11.4 Å². The van der Waals surface area contributed by atoms with Crippen LogP contribution in [-0.2, 0) is 21.2 Å². The zero-order valence-corrected chi connectivity index (χ0v) is 19.8. The van der Waals surface area contributed by atoms with Gasteiger partial charge in [0.1, 0.15) is 0 Å². The van der Waals surface area contributed by atoms with Gasteiger partial charge in [-0.1, -0.05) is 42.2 Å². The standard InChI is InChI=1S/C21H22Cl2N4O4S/c1-3-27(4-2)32(29,30)16-9-10-17(23)18(13-16)24-19(28)11-12-20-25-21(26-31-20)14-5-7-15(22)8-6-14/h5-10,13H,3-4,11-12H2,1-2H3,(H,24,28). The number of anilines is 1. The van der Waals surface area contributed by atoms with Crippen molar-refractivity contribution in [2.75, 3.05) is 18.4 Å². The van der Waals surface area contributed by atoms with Crippen LogP contribution < -0.4 is 5.32 Å². The molecule has 0 unspecified atom stereocenters. The van der Waals surface area contributed by atoms with Crippen molar-refractivity contribution in [2.24, 2.45) is 0 Å². The number of halogens is 2. The number of aromatic nitrogens is 2. The lowest BCUT2D eigenvalue weighted by Crippen LogP contribution is -2.30. The predicted octanol–water partition coefficient (Wildman–Crippen LogP) is 4.65. The Hall–Kier alpha value is -2.46. The van der Waals surface area contributed by atoms with Crippen molar-refractivity contribution in [3.63, 3.8) is 0 Å². The summed E-state index contributed by atoms with van der Waals surface area (Å²) in [5, 5.41) is 7.40. The summed E-state index contributed by atoms with van der Waals surface area (Å²) >= 11 is 12.0. The monoisotopic (exact) mass is 496 g/mol. The van der Waals surface area contributed by atoms with E-state index >= 15 is 0 Å². The molecule has 0 aliphatic heterocycles. The molecule has 1 amide bonds. The summed E-state index contributed by atoms with van der Waals surface area (Å²) in [4.78, 5) is 16.8. The fraction of sp³-hybridized carbons (Fsp3) is 0.286. The van der Waals surface area contributed by atoms with Crippen molar-refractivity contribution in [1.29, 1.82) is 0 Å². The van der Waals surface area contributed by atoms with Crippen molar-refractivity contribution in [2.45, 2.75) is 31.6 Å². The minimum absolute atomic E-state index is 0.0472. The van der Waals surface area contributed by atoms with Crippen molar-refractivity contribution in [1.82, 2.24) is 14.4 Å². The van der Waals surface area contributed by atoms with Gasteiger partial charge in [0.15, 0.2) is 0 Å². The summed E-state index contributed by atoms with van der Waals surface area (Å²) in [5.74, 6) is 0.332. The van der Waals surface area contributed by atoms with E-state index in [1.807, 2.05) is 0 Å². The van der Waals surface area contributed by atoms with Gasteiger partial charge in [-0.25, -0.2) is 8.42 Å². The van der Waals surface area contributed by atoms with E-state index in [1.54, 1.807) is 38.1 Å². The smallest absolute Gasteiger partial charge is 0.243 e. The molecule has 1 N–H and O–H groups in total. The quantitative estimate of drug-likeness (QED) is 0.462. The first kappa shape index (κ1) is 24.2. The van der Waals surface area contributed by atoms with Crippen LogP contribution in [0.1, 0.15) is 26.2 Å². The van der Waals surface area contributed by atoms with Crippen LogP contribution in [0.3, 0.4) is 0 Å². The molecular formula is C21H22Cl2N4O4S. The lowest BCUT2D eigenvalue weighted by molar-refractivity contribution is -0.116. The van der Waals surface area contributed by atoms with E-state index in [2.05, 4.69) is 15.5 Å². The number of hydrogen-bond donors (Lipinski definition) is 1. The summed E-state index contributed by atoms with van der Waals surface area (Å²) in [5.41, 5.74) is 0.962. The molecule has 3 aromatic rings. The Bertz CT molecular complexity index is 1190. The van der Waals surface area contributed by atoms with Gasteiger partial charge >= 0.3 is 0 Å². The second kappa shape index (κ2) is 10.4. The Kier molecular flexibility index (Phi) is 7.89. The van der Waals surface area contributed by atoms with Crippen LogP contribution in [0, 0.1) is 0 Å². The minimum atomic E-state index is -3.68. The highest BCUT2D eigenvalue weighted by Gasteiger charge is 2.23. The maximum atomic E-state index is 12.7. The molecule has 32 heavy (non-hydrogen) atoms. The average molecular weight is 497 g/mol. The highest BCUT2D eigenvalue weighted by Crippen LogP contribution is 2.27. The number of aryl methyl sites for hydroxylation is 1. The first-order valence-electron chi connectivity index (χ1n) is 9.92. The summed E-state index contributed by atoms with van der Waals surface area (Å²) in [6, 6.07) is 11.2. The van der Waals surface area contributed by atoms with Gasteiger partial charge < -0.3 is 9.84 Å². The SMILES string of the molecule is CCN(CC)S(=O)(=O)c1ccc(Cl)c(NC(=O)CCc2nc(-c3ccc(Cl)cc3)no2)c1. The number of nitrogens with one attached hydrogen (secondary N) is 1.